The van der Waals surface area contributed by atoms with E-state index in [1.54, 1.807) is 28.0 Å². The molecule has 0 radical (unpaired) electrons. The topological polar surface area (TPSA) is 52.7 Å². The van der Waals surface area contributed by atoms with Crippen LogP contribution in [0.5, 0.6) is 0 Å². The molecule has 0 saturated carbocycles. The van der Waals surface area contributed by atoms with Crippen molar-refractivity contribution in [2.75, 3.05) is 31.5 Å². The molecule has 3 aromatic carbocycles. The summed E-state index contributed by atoms with van der Waals surface area (Å²) in [6.45, 7) is 2.06. The van der Waals surface area contributed by atoms with Gasteiger partial charge in [-0.15, -0.1) is 0 Å². The number of amides is 3. The molecule has 3 aromatic rings. The van der Waals surface area contributed by atoms with Crippen molar-refractivity contribution in [2.45, 2.75) is 6.42 Å². The zero-order valence-electron chi connectivity index (χ0n) is 16.3. The van der Waals surface area contributed by atoms with Crippen LogP contribution in [0.4, 0.5) is 10.5 Å². The molecule has 0 bridgehead atoms. The highest BCUT2D eigenvalue weighted by atomic mass is 35.5. The molecule has 0 unspecified atom stereocenters. The van der Waals surface area contributed by atoms with Gasteiger partial charge in [0.2, 0.25) is 0 Å². The van der Waals surface area contributed by atoms with Crippen LogP contribution in [0.2, 0.25) is 10.0 Å². The predicted molar refractivity (Wildman–Crippen MR) is 122 cm³/mol. The minimum absolute atomic E-state index is 0.129. The normalized spacial score (nSPS) is 14.5. The minimum atomic E-state index is -0.161. The molecule has 154 valence electrons. The van der Waals surface area contributed by atoms with Gasteiger partial charge in [-0.05, 0) is 36.1 Å². The maximum absolute atomic E-state index is 12.9. The molecule has 3 amide bonds. The van der Waals surface area contributed by atoms with E-state index in [9.17, 15) is 9.59 Å². The van der Waals surface area contributed by atoms with Crippen molar-refractivity contribution in [3.05, 3.63) is 76.3 Å². The van der Waals surface area contributed by atoms with E-state index in [-0.39, 0.29) is 11.9 Å². The summed E-state index contributed by atoms with van der Waals surface area (Å²) in [7, 11) is 0. The average Bonchev–Trinajstić information content (AvgIpc) is 2.99. The van der Waals surface area contributed by atoms with Crippen LogP contribution >= 0.6 is 23.2 Å². The van der Waals surface area contributed by atoms with Gasteiger partial charge >= 0.3 is 6.03 Å². The third-order valence-electron chi connectivity index (χ3n) is 5.21. The maximum Gasteiger partial charge on any atom is 0.321 e. The summed E-state index contributed by atoms with van der Waals surface area (Å²) in [6.07, 6.45) is 0.697. The van der Waals surface area contributed by atoms with Crippen LogP contribution in [0.15, 0.2) is 60.7 Å². The molecule has 1 fully saturated rings. The Morgan fingerprint density at radius 3 is 2.27 bits per heavy atom. The molecule has 7 heteroatoms. The minimum Gasteiger partial charge on any atom is -0.337 e. The van der Waals surface area contributed by atoms with Crippen molar-refractivity contribution < 1.29 is 9.59 Å². The van der Waals surface area contributed by atoms with Crippen LogP contribution in [-0.4, -0.2) is 47.9 Å². The number of halogens is 2. The Hall–Kier alpha value is -2.76. The maximum atomic E-state index is 12.9. The average molecular weight is 442 g/mol. The molecule has 1 aliphatic rings. The standard InChI is InChI=1S/C23H21Cl2N3O2/c24-18-13-17(14-19(25)15-18)22(29)27-9-4-10-28(12-11-27)23(30)26-21-8-3-6-16-5-1-2-7-20(16)21/h1-3,5-8,13-15H,4,9-12H2,(H,26,30). The SMILES string of the molecule is O=C(Nc1cccc2ccccc12)N1CCCN(C(=O)c2cc(Cl)cc(Cl)c2)CC1. The van der Waals surface area contributed by atoms with Gasteiger partial charge in [-0.2, -0.15) is 0 Å². The molecule has 1 heterocycles. The van der Waals surface area contributed by atoms with Crippen molar-refractivity contribution in [1.29, 1.82) is 0 Å². The molecule has 5 nitrogen and oxygen atoms in total. The zero-order valence-corrected chi connectivity index (χ0v) is 17.8. The van der Waals surface area contributed by atoms with Gasteiger partial charge in [-0.25, -0.2) is 4.79 Å². The molecule has 1 saturated heterocycles. The van der Waals surface area contributed by atoms with Gasteiger partial charge in [-0.1, -0.05) is 59.6 Å². The molecule has 1 N–H and O–H groups in total. The van der Waals surface area contributed by atoms with E-state index in [4.69, 9.17) is 23.2 Å². The van der Waals surface area contributed by atoms with E-state index in [1.807, 2.05) is 42.5 Å². The summed E-state index contributed by atoms with van der Waals surface area (Å²) in [4.78, 5) is 29.2. The van der Waals surface area contributed by atoms with Gasteiger partial charge in [0.1, 0.15) is 0 Å². The van der Waals surface area contributed by atoms with Crippen LogP contribution in [0.3, 0.4) is 0 Å². The lowest BCUT2D eigenvalue weighted by molar-refractivity contribution is 0.0762. The van der Waals surface area contributed by atoms with Crippen molar-refractivity contribution in [3.8, 4) is 0 Å². The molecular weight excluding hydrogens is 421 g/mol. The van der Waals surface area contributed by atoms with E-state index in [2.05, 4.69) is 5.32 Å². The Bertz CT molecular complexity index is 1080. The molecular formula is C23H21Cl2N3O2. The van der Waals surface area contributed by atoms with Crippen molar-refractivity contribution >= 4 is 51.6 Å². The lowest BCUT2D eigenvalue weighted by Gasteiger charge is -2.23. The van der Waals surface area contributed by atoms with Gasteiger partial charge in [0.05, 0.1) is 5.69 Å². The molecule has 0 aromatic heterocycles. The summed E-state index contributed by atoms with van der Waals surface area (Å²) < 4.78 is 0. The van der Waals surface area contributed by atoms with E-state index in [0.29, 0.717) is 48.2 Å². The predicted octanol–water partition coefficient (Wildman–Crippen LogP) is 5.53. The second-order valence-electron chi connectivity index (χ2n) is 7.25. The number of fused-ring (bicyclic) bond motifs is 1. The quantitative estimate of drug-likeness (QED) is 0.568. The Kier molecular flexibility index (Phi) is 6.11. The van der Waals surface area contributed by atoms with Gasteiger partial charge in [-0.3, -0.25) is 4.79 Å². The van der Waals surface area contributed by atoms with Crippen LogP contribution < -0.4 is 5.32 Å². The van der Waals surface area contributed by atoms with Crippen LogP contribution in [0.1, 0.15) is 16.8 Å². The molecule has 1 aliphatic heterocycles. The first-order valence-electron chi connectivity index (χ1n) is 9.80. The number of anilines is 1. The third-order valence-corrected chi connectivity index (χ3v) is 5.65. The first-order valence-corrected chi connectivity index (χ1v) is 10.6. The highest BCUT2D eigenvalue weighted by molar-refractivity contribution is 6.35. The number of nitrogens with zero attached hydrogens (tertiary/aromatic N) is 2. The highest BCUT2D eigenvalue weighted by Crippen LogP contribution is 2.24. The third kappa shape index (κ3) is 4.53. The number of urea groups is 1. The first-order chi connectivity index (χ1) is 14.5. The molecule has 0 atom stereocenters. The van der Waals surface area contributed by atoms with Crippen molar-refractivity contribution in [1.82, 2.24) is 9.80 Å². The van der Waals surface area contributed by atoms with Gasteiger partial charge in [0.25, 0.3) is 5.91 Å². The fourth-order valence-electron chi connectivity index (χ4n) is 3.71. The Labute approximate surface area is 185 Å². The van der Waals surface area contributed by atoms with Crippen molar-refractivity contribution in [3.63, 3.8) is 0 Å². The summed E-state index contributed by atoms with van der Waals surface area (Å²) in [5.74, 6) is -0.129. The second-order valence-corrected chi connectivity index (χ2v) is 8.12. The number of carbonyl (C=O) groups excluding carboxylic acids is 2. The summed E-state index contributed by atoms with van der Waals surface area (Å²) in [6, 6.07) is 18.4. The fraction of sp³-hybridized carbons (Fsp3) is 0.217. The smallest absolute Gasteiger partial charge is 0.321 e. The largest absolute Gasteiger partial charge is 0.337 e. The number of hydrogen-bond acceptors (Lipinski definition) is 2. The molecule has 0 aliphatic carbocycles. The van der Waals surface area contributed by atoms with Crippen LogP contribution in [0, 0.1) is 0 Å². The fourth-order valence-corrected chi connectivity index (χ4v) is 4.24. The Balaban J connectivity index is 1.43. The van der Waals surface area contributed by atoms with Crippen molar-refractivity contribution in [2.24, 2.45) is 0 Å². The number of rotatable bonds is 2. The monoisotopic (exact) mass is 441 g/mol. The number of carbonyl (C=O) groups is 2. The Morgan fingerprint density at radius 1 is 0.800 bits per heavy atom. The van der Waals surface area contributed by atoms with E-state index in [1.165, 1.54) is 0 Å². The Morgan fingerprint density at radius 2 is 1.47 bits per heavy atom. The number of hydrogen-bond donors (Lipinski definition) is 1. The van der Waals surface area contributed by atoms with E-state index >= 15 is 0 Å². The summed E-state index contributed by atoms with van der Waals surface area (Å²) in [5, 5.41) is 5.95. The van der Waals surface area contributed by atoms with Crippen LogP contribution in [-0.2, 0) is 0 Å². The zero-order chi connectivity index (χ0) is 21.1. The molecule has 30 heavy (non-hydrogen) atoms. The highest BCUT2D eigenvalue weighted by Gasteiger charge is 2.23. The van der Waals surface area contributed by atoms with E-state index < -0.39 is 0 Å². The number of benzene rings is 3. The summed E-state index contributed by atoms with van der Waals surface area (Å²) in [5.41, 5.74) is 1.24. The lowest BCUT2D eigenvalue weighted by Crippen LogP contribution is -2.39. The van der Waals surface area contributed by atoms with Gasteiger partial charge in [0.15, 0.2) is 0 Å². The van der Waals surface area contributed by atoms with Gasteiger partial charge < -0.3 is 15.1 Å². The summed E-state index contributed by atoms with van der Waals surface area (Å²) >= 11 is 12.1. The molecule has 4 rings (SSSR count). The second kappa shape index (κ2) is 8.94. The van der Waals surface area contributed by atoms with Gasteiger partial charge in [0, 0.05) is 47.2 Å². The number of nitrogens with one attached hydrogen (secondary N) is 1. The van der Waals surface area contributed by atoms with Crippen LogP contribution in [0.25, 0.3) is 10.8 Å². The lowest BCUT2D eigenvalue weighted by atomic mass is 10.1. The van der Waals surface area contributed by atoms with E-state index in [0.717, 1.165) is 16.5 Å². The first kappa shape index (κ1) is 20.5. The molecule has 0 spiro atoms.